The Hall–Kier alpha value is -1.69. The summed E-state index contributed by atoms with van der Waals surface area (Å²) in [6, 6.07) is 9.88. The summed E-state index contributed by atoms with van der Waals surface area (Å²) in [5.41, 5.74) is 6.54. The van der Waals surface area contributed by atoms with E-state index in [0.29, 0.717) is 5.11 Å². The number of nitrogens with one attached hydrogen (secondary N) is 3. The molecule has 1 aliphatic rings. The number of benzene rings is 1. The Morgan fingerprint density at radius 3 is 2.35 bits per heavy atom. The van der Waals surface area contributed by atoms with Crippen LogP contribution in [0.4, 0.5) is 5.69 Å². The topological polar surface area (TPSA) is 60.8 Å². The minimum absolute atomic E-state index is 0.177. The molecule has 0 heterocycles. The largest absolute Gasteiger partial charge is 0.336 e. The number of para-hydroxylation sites is 1. The van der Waals surface area contributed by atoms with Crippen molar-refractivity contribution in [2.24, 2.45) is 10.2 Å². The first-order valence-corrected chi connectivity index (χ1v) is 8.63. The van der Waals surface area contributed by atoms with E-state index in [2.05, 4.69) is 47.2 Å². The zero-order chi connectivity index (χ0) is 16.8. The van der Waals surface area contributed by atoms with E-state index in [1.807, 2.05) is 30.3 Å². The average Bonchev–Trinajstić information content (AvgIpc) is 2.52. The molecule has 1 aliphatic carbocycles. The van der Waals surface area contributed by atoms with E-state index in [4.69, 9.17) is 12.2 Å². The van der Waals surface area contributed by atoms with Crippen LogP contribution in [0, 0.1) is 0 Å². The fourth-order valence-electron chi connectivity index (χ4n) is 2.53. The van der Waals surface area contributed by atoms with Crippen molar-refractivity contribution in [3.05, 3.63) is 30.3 Å². The predicted octanol–water partition coefficient (Wildman–Crippen LogP) is 4.39. The molecule has 0 bridgehead atoms. The third-order valence-electron chi connectivity index (χ3n) is 3.66. The molecular weight excluding hydrogens is 306 g/mol. The first-order chi connectivity index (χ1) is 10.9. The Kier molecular flexibility index (Phi) is 5.93. The van der Waals surface area contributed by atoms with Crippen LogP contribution >= 0.6 is 12.2 Å². The monoisotopic (exact) mass is 333 g/mol. The molecule has 0 aliphatic heterocycles. The van der Waals surface area contributed by atoms with Crippen molar-refractivity contribution < 1.29 is 0 Å². The fourth-order valence-corrected chi connectivity index (χ4v) is 2.77. The molecule has 0 aromatic heterocycles. The van der Waals surface area contributed by atoms with E-state index in [1.54, 1.807) is 0 Å². The molecule has 0 spiro atoms. The van der Waals surface area contributed by atoms with Crippen molar-refractivity contribution in [3.8, 4) is 0 Å². The Labute approximate surface area is 144 Å². The quantitative estimate of drug-likeness (QED) is 0.434. The number of azo groups is 1. The van der Waals surface area contributed by atoms with Gasteiger partial charge in [0, 0.05) is 0 Å². The number of hydrogen-bond donors (Lipinski definition) is 3. The van der Waals surface area contributed by atoms with Gasteiger partial charge in [-0.1, -0.05) is 24.6 Å². The van der Waals surface area contributed by atoms with Crippen LogP contribution in [0.1, 0.15) is 52.9 Å². The second-order valence-corrected chi connectivity index (χ2v) is 7.44. The van der Waals surface area contributed by atoms with Crippen LogP contribution in [-0.2, 0) is 0 Å². The van der Waals surface area contributed by atoms with Crippen LogP contribution in [0.15, 0.2) is 40.6 Å². The molecule has 0 radical (unpaired) electrons. The molecule has 5 nitrogen and oxygen atoms in total. The van der Waals surface area contributed by atoms with Crippen molar-refractivity contribution in [3.63, 3.8) is 0 Å². The maximum atomic E-state index is 5.43. The van der Waals surface area contributed by atoms with Gasteiger partial charge in [-0.15, -0.1) is 0 Å². The van der Waals surface area contributed by atoms with Crippen molar-refractivity contribution in [1.82, 2.24) is 10.7 Å². The molecule has 0 saturated heterocycles. The van der Waals surface area contributed by atoms with E-state index in [0.717, 1.165) is 31.4 Å². The SMILES string of the molecule is CC(C)(C)N=NC1(NC(=S)NNc2ccccc2)CCCCC1. The molecule has 0 amide bonds. The lowest BCUT2D eigenvalue weighted by atomic mass is 9.90. The van der Waals surface area contributed by atoms with Gasteiger partial charge >= 0.3 is 0 Å². The maximum Gasteiger partial charge on any atom is 0.187 e. The molecule has 1 fully saturated rings. The molecule has 0 atom stereocenters. The van der Waals surface area contributed by atoms with Crippen molar-refractivity contribution in [2.75, 3.05) is 5.43 Å². The highest BCUT2D eigenvalue weighted by Crippen LogP contribution is 2.30. The highest BCUT2D eigenvalue weighted by atomic mass is 32.1. The number of nitrogens with zero attached hydrogens (tertiary/aromatic N) is 2. The first kappa shape index (κ1) is 17.7. The van der Waals surface area contributed by atoms with Crippen LogP contribution in [0.5, 0.6) is 0 Å². The van der Waals surface area contributed by atoms with Gasteiger partial charge in [0.15, 0.2) is 10.8 Å². The van der Waals surface area contributed by atoms with Crippen molar-refractivity contribution in [1.29, 1.82) is 0 Å². The van der Waals surface area contributed by atoms with Gasteiger partial charge in [-0.05, 0) is 70.8 Å². The standard InChI is InChI=1S/C17H27N5S/c1-16(2,3)21-22-17(12-8-5-9-13-17)18-15(23)20-19-14-10-6-4-7-11-14/h4,6-7,10-11,19H,5,8-9,12-13H2,1-3H3,(H2,18,20,23). The van der Waals surface area contributed by atoms with Gasteiger partial charge < -0.3 is 5.32 Å². The molecule has 1 aromatic carbocycles. The summed E-state index contributed by atoms with van der Waals surface area (Å²) in [5.74, 6) is 0. The highest BCUT2D eigenvalue weighted by molar-refractivity contribution is 7.80. The minimum Gasteiger partial charge on any atom is -0.336 e. The zero-order valence-electron chi connectivity index (χ0n) is 14.2. The second kappa shape index (κ2) is 7.73. The van der Waals surface area contributed by atoms with Crippen molar-refractivity contribution in [2.45, 2.75) is 64.1 Å². The molecule has 0 unspecified atom stereocenters. The van der Waals surface area contributed by atoms with Gasteiger partial charge in [0.05, 0.1) is 11.2 Å². The number of hydrazine groups is 1. The van der Waals surface area contributed by atoms with Crippen LogP contribution < -0.4 is 16.2 Å². The summed E-state index contributed by atoms with van der Waals surface area (Å²) in [7, 11) is 0. The molecule has 1 aromatic rings. The summed E-state index contributed by atoms with van der Waals surface area (Å²) in [4.78, 5) is 0. The summed E-state index contributed by atoms with van der Waals surface area (Å²) in [5, 5.41) is 13.0. The smallest absolute Gasteiger partial charge is 0.187 e. The lowest BCUT2D eigenvalue weighted by Crippen LogP contribution is -2.53. The number of rotatable bonds is 4. The average molecular weight is 334 g/mol. The van der Waals surface area contributed by atoms with E-state index >= 15 is 0 Å². The number of hydrogen-bond acceptors (Lipinski definition) is 4. The first-order valence-electron chi connectivity index (χ1n) is 8.22. The van der Waals surface area contributed by atoms with Crippen LogP contribution in [0.2, 0.25) is 0 Å². The fraction of sp³-hybridized carbons (Fsp3) is 0.588. The van der Waals surface area contributed by atoms with E-state index < -0.39 is 0 Å². The molecular formula is C17H27N5S. The summed E-state index contributed by atoms with van der Waals surface area (Å²) < 4.78 is 0. The van der Waals surface area contributed by atoms with Gasteiger partial charge in [0.2, 0.25) is 0 Å². The Morgan fingerprint density at radius 1 is 1.09 bits per heavy atom. The summed E-state index contributed by atoms with van der Waals surface area (Å²) in [6.45, 7) is 6.17. The molecule has 3 N–H and O–H groups in total. The van der Waals surface area contributed by atoms with Crippen LogP contribution in [0.25, 0.3) is 0 Å². The van der Waals surface area contributed by atoms with Crippen LogP contribution in [-0.4, -0.2) is 16.3 Å². The second-order valence-electron chi connectivity index (χ2n) is 7.03. The predicted molar refractivity (Wildman–Crippen MR) is 99.4 cm³/mol. The van der Waals surface area contributed by atoms with Gasteiger partial charge in [-0.3, -0.25) is 10.9 Å². The summed E-state index contributed by atoms with van der Waals surface area (Å²) >= 11 is 5.43. The molecule has 2 rings (SSSR count). The number of thiocarbonyl (C=S) groups is 1. The summed E-state index contributed by atoms with van der Waals surface area (Å²) in [6.07, 6.45) is 5.45. The van der Waals surface area contributed by atoms with Crippen LogP contribution in [0.3, 0.4) is 0 Å². The maximum absolute atomic E-state index is 5.43. The Morgan fingerprint density at radius 2 is 1.74 bits per heavy atom. The van der Waals surface area contributed by atoms with Gasteiger partial charge in [0.1, 0.15) is 0 Å². The highest BCUT2D eigenvalue weighted by Gasteiger charge is 2.33. The minimum atomic E-state index is -0.381. The van der Waals surface area contributed by atoms with E-state index in [9.17, 15) is 0 Å². The number of anilines is 1. The van der Waals surface area contributed by atoms with Gasteiger partial charge in [0.25, 0.3) is 0 Å². The zero-order valence-corrected chi connectivity index (χ0v) is 15.0. The lowest BCUT2D eigenvalue weighted by Gasteiger charge is -2.35. The van der Waals surface area contributed by atoms with E-state index in [1.165, 1.54) is 6.42 Å². The van der Waals surface area contributed by atoms with Gasteiger partial charge in [-0.2, -0.15) is 10.2 Å². The molecule has 6 heteroatoms. The lowest BCUT2D eigenvalue weighted by molar-refractivity contribution is 0.255. The molecule has 23 heavy (non-hydrogen) atoms. The third kappa shape index (κ3) is 6.14. The normalized spacial score (nSPS) is 17.7. The van der Waals surface area contributed by atoms with Gasteiger partial charge in [-0.25, -0.2) is 0 Å². The Bertz CT molecular complexity index is 530. The third-order valence-corrected chi connectivity index (χ3v) is 3.87. The Balaban J connectivity index is 1.97. The van der Waals surface area contributed by atoms with E-state index in [-0.39, 0.29) is 11.2 Å². The molecule has 126 valence electrons. The van der Waals surface area contributed by atoms with Crippen molar-refractivity contribution >= 4 is 23.0 Å². The molecule has 1 saturated carbocycles.